The van der Waals surface area contributed by atoms with E-state index in [1.54, 1.807) is 13.0 Å². The van der Waals surface area contributed by atoms with E-state index in [1.807, 2.05) is 0 Å². The number of aromatic carboxylic acids is 1. The zero-order chi connectivity index (χ0) is 14.7. The molecule has 0 aromatic heterocycles. The highest BCUT2D eigenvalue weighted by molar-refractivity contribution is 5.89. The van der Waals surface area contributed by atoms with Crippen molar-refractivity contribution in [1.29, 1.82) is 0 Å². The van der Waals surface area contributed by atoms with Crippen LogP contribution in [0.25, 0.3) is 0 Å². The molecule has 0 aliphatic carbocycles. The Labute approximate surface area is 115 Å². The molecular weight excluding hydrogens is 261 g/mol. The molecule has 104 valence electrons. The van der Waals surface area contributed by atoms with Crippen molar-refractivity contribution in [2.24, 2.45) is 0 Å². The third-order valence-corrected chi connectivity index (χ3v) is 2.95. The summed E-state index contributed by atoms with van der Waals surface area (Å²) in [5.74, 6) is -1.06. The lowest BCUT2D eigenvalue weighted by Gasteiger charge is -2.11. The minimum absolute atomic E-state index is 0.102. The van der Waals surface area contributed by atoms with Gasteiger partial charge in [-0.05, 0) is 48.4 Å². The molecule has 0 aliphatic rings. The fourth-order valence-electron chi connectivity index (χ4n) is 1.77. The number of hydrogen-bond donors (Lipinski definition) is 2. The van der Waals surface area contributed by atoms with Crippen LogP contribution in [0.1, 0.15) is 21.5 Å². The predicted octanol–water partition coefficient (Wildman–Crippen LogP) is 2.99. The van der Waals surface area contributed by atoms with Crippen molar-refractivity contribution < 1.29 is 19.0 Å². The highest BCUT2D eigenvalue weighted by Crippen LogP contribution is 2.24. The summed E-state index contributed by atoms with van der Waals surface area (Å²) in [6.45, 7) is 1.97. The Morgan fingerprint density at radius 1 is 1.30 bits per heavy atom. The SMILES string of the molecule is Cc1cc(F)ccc1COc1cc(C(=O)O)ccc1N. The molecule has 0 radical (unpaired) electrons. The number of carboxylic acids is 1. The van der Waals surface area contributed by atoms with Crippen LogP contribution < -0.4 is 10.5 Å². The van der Waals surface area contributed by atoms with E-state index >= 15 is 0 Å². The summed E-state index contributed by atoms with van der Waals surface area (Å²) < 4.78 is 18.5. The molecule has 0 amide bonds. The van der Waals surface area contributed by atoms with Crippen molar-refractivity contribution in [2.45, 2.75) is 13.5 Å². The number of nitrogen functional groups attached to an aromatic ring is 1. The summed E-state index contributed by atoms with van der Waals surface area (Å²) in [4.78, 5) is 10.9. The first kappa shape index (κ1) is 13.9. The molecule has 0 spiro atoms. The van der Waals surface area contributed by atoms with Crippen molar-refractivity contribution in [3.05, 3.63) is 58.9 Å². The Balaban J connectivity index is 2.18. The number of rotatable bonds is 4. The third kappa shape index (κ3) is 3.06. The predicted molar refractivity (Wildman–Crippen MR) is 73.3 cm³/mol. The van der Waals surface area contributed by atoms with Gasteiger partial charge < -0.3 is 15.6 Å². The summed E-state index contributed by atoms with van der Waals surface area (Å²) in [5.41, 5.74) is 7.77. The van der Waals surface area contributed by atoms with Crippen LogP contribution in [0.5, 0.6) is 5.75 Å². The molecule has 4 nitrogen and oxygen atoms in total. The van der Waals surface area contributed by atoms with E-state index in [0.717, 1.165) is 11.1 Å². The first-order valence-corrected chi connectivity index (χ1v) is 5.98. The van der Waals surface area contributed by atoms with Gasteiger partial charge in [0.05, 0.1) is 11.3 Å². The third-order valence-electron chi connectivity index (χ3n) is 2.95. The minimum Gasteiger partial charge on any atom is -0.487 e. The maximum Gasteiger partial charge on any atom is 0.335 e. The van der Waals surface area contributed by atoms with Crippen molar-refractivity contribution in [1.82, 2.24) is 0 Å². The van der Waals surface area contributed by atoms with Crippen molar-refractivity contribution in [3.8, 4) is 5.75 Å². The second-order valence-electron chi connectivity index (χ2n) is 4.42. The summed E-state index contributed by atoms with van der Waals surface area (Å²) >= 11 is 0. The molecule has 0 unspecified atom stereocenters. The minimum atomic E-state index is -1.05. The summed E-state index contributed by atoms with van der Waals surface area (Å²) in [6.07, 6.45) is 0. The Bertz CT molecular complexity index is 656. The number of ether oxygens (including phenoxy) is 1. The van der Waals surface area contributed by atoms with Crippen molar-refractivity contribution >= 4 is 11.7 Å². The maximum absolute atomic E-state index is 13.0. The van der Waals surface area contributed by atoms with Gasteiger partial charge in [0.25, 0.3) is 0 Å². The molecule has 5 heteroatoms. The van der Waals surface area contributed by atoms with E-state index in [-0.39, 0.29) is 18.0 Å². The summed E-state index contributed by atoms with van der Waals surface area (Å²) in [5, 5.41) is 8.92. The van der Waals surface area contributed by atoms with Crippen LogP contribution in [0.2, 0.25) is 0 Å². The fourth-order valence-corrected chi connectivity index (χ4v) is 1.77. The second-order valence-corrected chi connectivity index (χ2v) is 4.42. The standard InChI is InChI=1S/C15H14FNO3/c1-9-6-12(16)4-2-11(9)8-20-14-7-10(15(18)19)3-5-13(14)17/h2-7H,8,17H2,1H3,(H,18,19). The Morgan fingerprint density at radius 2 is 2.05 bits per heavy atom. The molecule has 0 saturated heterocycles. The molecule has 2 aromatic carbocycles. The van der Waals surface area contributed by atoms with Crippen LogP contribution in [0.4, 0.5) is 10.1 Å². The van der Waals surface area contributed by atoms with Gasteiger partial charge >= 0.3 is 5.97 Å². The molecule has 0 fully saturated rings. The van der Waals surface area contributed by atoms with Crippen LogP contribution >= 0.6 is 0 Å². The normalized spacial score (nSPS) is 10.3. The van der Waals surface area contributed by atoms with E-state index in [9.17, 15) is 9.18 Å². The molecule has 3 N–H and O–H groups in total. The van der Waals surface area contributed by atoms with Gasteiger partial charge in [0.15, 0.2) is 0 Å². The average Bonchev–Trinajstić information content (AvgIpc) is 2.39. The number of nitrogens with two attached hydrogens (primary N) is 1. The van der Waals surface area contributed by atoms with Crippen LogP contribution in [0.3, 0.4) is 0 Å². The quantitative estimate of drug-likeness (QED) is 0.841. The Kier molecular flexibility index (Phi) is 3.89. The van der Waals surface area contributed by atoms with Crippen LogP contribution in [-0.2, 0) is 6.61 Å². The zero-order valence-corrected chi connectivity index (χ0v) is 10.9. The number of carbonyl (C=O) groups is 1. The first-order valence-electron chi connectivity index (χ1n) is 5.98. The lowest BCUT2D eigenvalue weighted by Crippen LogP contribution is -2.03. The van der Waals surface area contributed by atoms with E-state index in [0.29, 0.717) is 11.4 Å². The van der Waals surface area contributed by atoms with Crippen molar-refractivity contribution in [2.75, 3.05) is 5.73 Å². The van der Waals surface area contributed by atoms with Gasteiger partial charge in [0, 0.05) is 0 Å². The molecule has 0 heterocycles. The average molecular weight is 275 g/mol. The lowest BCUT2D eigenvalue weighted by atomic mass is 10.1. The number of halogens is 1. The van der Waals surface area contributed by atoms with Gasteiger partial charge in [0.2, 0.25) is 0 Å². The highest BCUT2D eigenvalue weighted by Gasteiger charge is 2.08. The van der Waals surface area contributed by atoms with Gasteiger partial charge in [-0.3, -0.25) is 0 Å². The fraction of sp³-hybridized carbons (Fsp3) is 0.133. The van der Waals surface area contributed by atoms with Crippen LogP contribution in [0, 0.1) is 12.7 Å². The second kappa shape index (κ2) is 5.61. The first-order chi connectivity index (χ1) is 9.47. The van der Waals surface area contributed by atoms with E-state index in [4.69, 9.17) is 15.6 Å². The van der Waals surface area contributed by atoms with Crippen molar-refractivity contribution in [3.63, 3.8) is 0 Å². The summed E-state index contributed by atoms with van der Waals surface area (Å²) in [6, 6.07) is 8.65. The van der Waals surface area contributed by atoms with E-state index in [1.165, 1.54) is 30.3 Å². The molecule has 2 rings (SSSR count). The molecular formula is C15H14FNO3. The molecule has 0 aliphatic heterocycles. The van der Waals surface area contributed by atoms with Gasteiger partial charge in [-0.15, -0.1) is 0 Å². The number of hydrogen-bond acceptors (Lipinski definition) is 3. The van der Waals surface area contributed by atoms with Crippen LogP contribution in [-0.4, -0.2) is 11.1 Å². The van der Waals surface area contributed by atoms with E-state index in [2.05, 4.69) is 0 Å². The topological polar surface area (TPSA) is 72.5 Å². The summed E-state index contributed by atoms with van der Waals surface area (Å²) in [7, 11) is 0. The maximum atomic E-state index is 13.0. The lowest BCUT2D eigenvalue weighted by molar-refractivity contribution is 0.0696. The van der Waals surface area contributed by atoms with E-state index < -0.39 is 5.97 Å². The molecule has 20 heavy (non-hydrogen) atoms. The largest absolute Gasteiger partial charge is 0.487 e. The molecule has 0 saturated carbocycles. The number of aryl methyl sites for hydroxylation is 1. The Morgan fingerprint density at radius 3 is 2.70 bits per heavy atom. The molecule has 0 atom stereocenters. The highest BCUT2D eigenvalue weighted by atomic mass is 19.1. The van der Waals surface area contributed by atoms with Gasteiger partial charge in [0.1, 0.15) is 18.2 Å². The molecule has 0 bridgehead atoms. The molecule has 2 aromatic rings. The van der Waals surface area contributed by atoms with Gasteiger partial charge in [-0.1, -0.05) is 6.07 Å². The van der Waals surface area contributed by atoms with Crippen LogP contribution in [0.15, 0.2) is 36.4 Å². The number of carboxylic acid groups (broad SMARTS) is 1. The van der Waals surface area contributed by atoms with Gasteiger partial charge in [-0.25, -0.2) is 9.18 Å². The monoisotopic (exact) mass is 275 g/mol. The Hall–Kier alpha value is -2.56. The number of benzene rings is 2. The van der Waals surface area contributed by atoms with Gasteiger partial charge in [-0.2, -0.15) is 0 Å². The smallest absolute Gasteiger partial charge is 0.335 e. The number of anilines is 1. The zero-order valence-electron chi connectivity index (χ0n) is 10.9.